The molecule has 4 atom stereocenters. The Balaban J connectivity index is 1.73. The number of aliphatic hydroxyl groups excluding tert-OH is 2. The topological polar surface area (TPSA) is 129 Å². The van der Waals surface area contributed by atoms with E-state index >= 15 is 0 Å². The fraction of sp³-hybridized carbons (Fsp3) is 0.412. The highest BCUT2D eigenvalue weighted by Crippen LogP contribution is 2.31. The normalized spacial score (nSPS) is 25.3. The molecule has 2 aromatic rings. The van der Waals surface area contributed by atoms with Crippen molar-refractivity contribution in [1.29, 1.82) is 0 Å². The SMILES string of the molecule is COc1ccc(COC2C(CO)OC(n3ccc(N)nc3=O)C2O)cc1. The van der Waals surface area contributed by atoms with E-state index in [2.05, 4.69) is 4.98 Å². The van der Waals surface area contributed by atoms with Crippen LogP contribution < -0.4 is 16.2 Å². The zero-order valence-corrected chi connectivity index (χ0v) is 14.2. The number of benzene rings is 1. The van der Waals surface area contributed by atoms with Gasteiger partial charge in [0, 0.05) is 6.20 Å². The molecule has 0 radical (unpaired) electrons. The van der Waals surface area contributed by atoms with Gasteiger partial charge in [0.1, 0.15) is 29.9 Å². The molecule has 1 aromatic heterocycles. The van der Waals surface area contributed by atoms with Crippen molar-refractivity contribution in [2.24, 2.45) is 0 Å². The first-order chi connectivity index (χ1) is 12.5. The highest BCUT2D eigenvalue weighted by Gasteiger charge is 2.45. The Kier molecular flexibility index (Phi) is 5.52. The van der Waals surface area contributed by atoms with Crippen LogP contribution in [0, 0.1) is 0 Å². The van der Waals surface area contributed by atoms with Gasteiger partial charge in [-0.1, -0.05) is 12.1 Å². The van der Waals surface area contributed by atoms with Gasteiger partial charge < -0.3 is 30.2 Å². The standard InChI is InChI=1S/C17H21N3O6/c1-24-11-4-2-10(3-5-11)9-25-15-12(8-21)26-16(14(15)22)20-7-6-13(18)19-17(20)23/h2-7,12,14-16,21-22H,8-9H2,1H3,(H2,18,19,23). The van der Waals surface area contributed by atoms with E-state index < -0.39 is 30.2 Å². The van der Waals surface area contributed by atoms with Crippen molar-refractivity contribution in [3.63, 3.8) is 0 Å². The number of aromatic nitrogens is 2. The first-order valence-corrected chi connectivity index (χ1v) is 8.07. The van der Waals surface area contributed by atoms with Crippen molar-refractivity contribution in [2.45, 2.75) is 31.1 Å². The van der Waals surface area contributed by atoms with Gasteiger partial charge in [-0.15, -0.1) is 0 Å². The quantitative estimate of drug-likeness (QED) is 0.636. The van der Waals surface area contributed by atoms with E-state index in [1.165, 1.54) is 12.3 Å². The van der Waals surface area contributed by atoms with Crippen LogP contribution in [-0.2, 0) is 16.1 Å². The number of anilines is 1. The van der Waals surface area contributed by atoms with Crippen LogP contribution in [0.1, 0.15) is 11.8 Å². The third kappa shape index (κ3) is 3.70. The van der Waals surface area contributed by atoms with Crippen LogP contribution in [0.25, 0.3) is 0 Å². The van der Waals surface area contributed by atoms with E-state index in [1.54, 1.807) is 19.2 Å². The summed E-state index contributed by atoms with van der Waals surface area (Å²) in [7, 11) is 1.58. The molecule has 0 amide bonds. The molecule has 1 aromatic carbocycles. The molecule has 0 aliphatic carbocycles. The molecule has 3 rings (SSSR count). The van der Waals surface area contributed by atoms with Crippen molar-refractivity contribution < 1.29 is 24.4 Å². The minimum Gasteiger partial charge on any atom is -0.497 e. The fourth-order valence-electron chi connectivity index (χ4n) is 2.84. The van der Waals surface area contributed by atoms with Crippen LogP contribution in [0.15, 0.2) is 41.3 Å². The molecular weight excluding hydrogens is 342 g/mol. The lowest BCUT2D eigenvalue weighted by Crippen LogP contribution is -2.37. The van der Waals surface area contributed by atoms with Crippen LogP contribution in [0.3, 0.4) is 0 Å². The highest BCUT2D eigenvalue weighted by molar-refractivity contribution is 5.26. The van der Waals surface area contributed by atoms with Crippen LogP contribution >= 0.6 is 0 Å². The first-order valence-electron chi connectivity index (χ1n) is 8.07. The van der Waals surface area contributed by atoms with Gasteiger partial charge in [0.05, 0.1) is 20.3 Å². The molecule has 1 saturated heterocycles. The maximum Gasteiger partial charge on any atom is 0.351 e. The van der Waals surface area contributed by atoms with Gasteiger partial charge in [-0.2, -0.15) is 4.98 Å². The number of hydrogen-bond acceptors (Lipinski definition) is 8. The maximum absolute atomic E-state index is 12.0. The van der Waals surface area contributed by atoms with E-state index in [-0.39, 0.29) is 19.0 Å². The van der Waals surface area contributed by atoms with Crippen LogP contribution in [-0.4, -0.2) is 51.8 Å². The first kappa shape index (κ1) is 18.3. The van der Waals surface area contributed by atoms with E-state index in [9.17, 15) is 15.0 Å². The summed E-state index contributed by atoms with van der Waals surface area (Å²) in [6.07, 6.45) is -2.38. The van der Waals surface area contributed by atoms with Gasteiger partial charge in [-0.25, -0.2) is 4.79 Å². The largest absolute Gasteiger partial charge is 0.497 e. The Hall–Kier alpha value is -2.46. The molecule has 1 fully saturated rings. The molecule has 0 saturated carbocycles. The van der Waals surface area contributed by atoms with Gasteiger partial charge in [0.15, 0.2) is 6.23 Å². The molecule has 140 valence electrons. The summed E-state index contributed by atoms with van der Waals surface area (Å²) in [5, 5.41) is 20.1. The molecule has 26 heavy (non-hydrogen) atoms. The number of nitrogens with two attached hydrogens (primary N) is 1. The van der Waals surface area contributed by atoms with Crippen molar-refractivity contribution in [3.05, 3.63) is 52.6 Å². The molecule has 9 nitrogen and oxygen atoms in total. The summed E-state index contributed by atoms with van der Waals surface area (Å²) < 4.78 is 17.6. The Morgan fingerprint density at radius 3 is 2.65 bits per heavy atom. The number of nitrogens with zero attached hydrogens (tertiary/aromatic N) is 2. The molecule has 1 aliphatic rings. The summed E-state index contributed by atoms with van der Waals surface area (Å²) in [4.78, 5) is 15.6. The highest BCUT2D eigenvalue weighted by atomic mass is 16.6. The molecule has 1 aliphatic heterocycles. The average Bonchev–Trinajstić information content (AvgIpc) is 2.96. The van der Waals surface area contributed by atoms with Gasteiger partial charge in [0.2, 0.25) is 0 Å². The molecular formula is C17H21N3O6. The van der Waals surface area contributed by atoms with Gasteiger partial charge in [-0.05, 0) is 23.8 Å². The summed E-state index contributed by atoms with van der Waals surface area (Å²) in [5.41, 5.74) is 5.69. The number of methoxy groups -OCH3 is 1. The second-order valence-corrected chi connectivity index (χ2v) is 5.90. The molecule has 4 N–H and O–H groups in total. The lowest BCUT2D eigenvalue weighted by atomic mass is 10.1. The van der Waals surface area contributed by atoms with Crippen LogP contribution in [0.5, 0.6) is 5.75 Å². The summed E-state index contributed by atoms with van der Waals surface area (Å²) in [6, 6.07) is 8.69. The van der Waals surface area contributed by atoms with E-state index in [0.29, 0.717) is 0 Å². The second kappa shape index (κ2) is 7.83. The van der Waals surface area contributed by atoms with E-state index in [1.807, 2.05) is 12.1 Å². The predicted molar refractivity (Wildman–Crippen MR) is 91.5 cm³/mol. The zero-order chi connectivity index (χ0) is 18.7. The molecule has 9 heteroatoms. The van der Waals surface area contributed by atoms with Gasteiger partial charge in [0.25, 0.3) is 0 Å². The number of ether oxygens (including phenoxy) is 3. The second-order valence-electron chi connectivity index (χ2n) is 5.90. The Labute approximate surface area is 149 Å². The summed E-state index contributed by atoms with van der Waals surface area (Å²) in [6.45, 7) is -0.162. The minimum atomic E-state index is -1.16. The number of nitrogen functional groups attached to an aromatic ring is 1. The maximum atomic E-state index is 12.0. The van der Waals surface area contributed by atoms with Crippen LogP contribution in [0.2, 0.25) is 0 Å². The summed E-state index contributed by atoms with van der Waals surface area (Å²) in [5.74, 6) is 0.797. The van der Waals surface area contributed by atoms with Crippen molar-refractivity contribution in [3.8, 4) is 5.75 Å². The zero-order valence-electron chi connectivity index (χ0n) is 14.2. The predicted octanol–water partition coefficient (Wildman–Crippen LogP) is -0.330. The van der Waals surface area contributed by atoms with E-state index in [0.717, 1.165) is 15.9 Å². The van der Waals surface area contributed by atoms with Crippen molar-refractivity contribution >= 4 is 5.82 Å². The molecule has 0 spiro atoms. The Morgan fingerprint density at radius 1 is 1.31 bits per heavy atom. The number of hydrogen-bond donors (Lipinski definition) is 3. The van der Waals surface area contributed by atoms with Crippen molar-refractivity contribution in [2.75, 3.05) is 19.5 Å². The third-order valence-electron chi connectivity index (χ3n) is 4.22. The minimum absolute atomic E-state index is 0.0738. The lowest BCUT2D eigenvalue weighted by Gasteiger charge is -2.20. The number of rotatable bonds is 6. The fourth-order valence-corrected chi connectivity index (χ4v) is 2.84. The van der Waals surface area contributed by atoms with Gasteiger partial charge >= 0.3 is 5.69 Å². The molecule has 4 unspecified atom stereocenters. The smallest absolute Gasteiger partial charge is 0.351 e. The lowest BCUT2D eigenvalue weighted by molar-refractivity contribution is -0.0660. The van der Waals surface area contributed by atoms with Crippen molar-refractivity contribution in [1.82, 2.24) is 9.55 Å². The monoisotopic (exact) mass is 363 g/mol. The average molecular weight is 363 g/mol. The molecule has 0 bridgehead atoms. The van der Waals surface area contributed by atoms with Gasteiger partial charge in [-0.3, -0.25) is 4.57 Å². The number of aliphatic hydroxyl groups is 2. The third-order valence-corrected chi connectivity index (χ3v) is 4.22. The Morgan fingerprint density at radius 2 is 2.04 bits per heavy atom. The molecule has 2 heterocycles. The van der Waals surface area contributed by atoms with E-state index in [4.69, 9.17) is 19.9 Å². The van der Waals surface area contributed by atoms with Crippen LogP contribution in [0.4, 0.5) is 5.82 Å². The Bertz CT molecular complexity index is 794. The summed E-state index contributed by atoms with van der Waals surface area (Å²) >= 11 is 0.